The van der Waals surface area contributed by atoms with Gasteiger partial charge in [-0.1, -0.05) is 18.9 Å². The zero-order valence-electron chi connectivity index (χ0n) is 5.99. The number of hydrogen-bond acceptors (Lipinski definition) is 4. The molecule has 0 heterocycles. The second-order valence-corrected chi connectivity index (χ2v) is 3.18. The Morgan fingerprint density at radius 1 is 1.91 bits per heavy atom. The van der Waals surface area contributed by atoms with Gasteiger partial charge >= 0.3 is 5.97 Å². The van der Waals surface area contributed by atoms with Gasteiger partial charge in [-0.15, -0.1) is 6.58 Å². The van der Waals surface area contributed by atoms with E-state index in [9.17, 15) is 4.79 Å². The molecule has 0 aromatic heterocycles. The fourth-order valence-corrected chi connectivity index (χ4v) is 1.52. The summed E-state index contributed by atoms with van der Waals surface area (Å²) in [5.74, 6) is 0.390. The zero-order valence-corrected chi connectivity index (χ0v) is 7.70. The van der Waals surface area contributed by atoms with Crippen LogP contribution in [0, 0.1) is 0 Å². The summed E-state index contributed by atoms with van der Waals surface area (Å²) >= 11 is 5.19. The van der Waals surface area contributed by atoms with Gasteiger partial charge in [-0.25, -0.2) is 0 Å². The summed E-state index contributed by atoms with van der Waals surface area (Å²) < 4.78 is 2.40. The Morgan fingerprint density at radius 2 is 2.55 bits per heavy atom. The molecule has 0 aliphatic rings. The second kappa shape index (κ2) is 6.57. The van der Waals surface area contributed by atoms with Crippen molar-refractivity contribution in [3.63, 3.8) is 0 Å². The van der Waals surface area contributed by atoms with Crippen LogP contribution in [0.2, 0.25) is 0 Å². The molecule has 5 heteroatoms. The first-order valence-corrected chi connectivity index (χ1v) is 4.63. The third-order valence-electron chi connectivity index (χ3n) is 0.974. The van der Waals surface area contributed by atoms with Gasteiger partial charge in [0, 0.05) is 11.5 Å². The van der Waals surface area contributed by atoms with E-state index in [1.54, 1.807) is 6.08 Å². The fourth-order valence-electron chi connectivity index (χ4n) is 0.433. The van der Waals surface area contributed by atoms with Crippen LogP contribution >= 0.6 is 24.6 Å². The molecule has 0 bridgehead atoms. The number of rotatable bonds is 6. The number of nitrogens with one attached hydrogen (secondary N) is 1. The molecular formula is C6H11NO2S2. The molecule has 0 fully saturated rings. The van der Waals surface area contributed by atoms with Crippen molar-refractivity contribution in [1.29, 1.82) is 0 Å². The Kier molecular flexibility index (Phi) is 6.49. The SMILES string of the molecule is C=CCSCC(NS)C(=O)O. The van der Waals surface area contributed by atoms with E-state index >= 15 is 0 Å². The quantitative estimate of drug-likeness (QED) is 0.332. The first kappa shape index (κ1) is 10.9. The van der Waals surface area contributed by atoms with Crippen LogP contribution in [0.3, 0.4) is 0 Å². The van der Waals surface area contributed by atoms with E-state index in [4.69, 9.17) is 5.11 Å². The minimum Gasteiger partial charge on any atom is -0.480 e. The fraction of sp³-hybridized carbons (Fsp3) is 0.500. The topological polar surface area (TPSA) is 49.3 Å². The van der Waals surface area contributed by atoms with Crippen LogP contribution in [0.1, 0.15) is 0 Å². The Hall–Kier alpha value is -0.130. The van der Waals surface area contributed by atoms with Crippen molar-refractivity contribution in [1.82, 2.24) is 4.72 Å². The molecule has 64 valence electrons. The minimum absolute atomic E-state index is 0.505. The lowest BCUT2D eigenvalue weighted by atomic mass is 10.4. The van der Waals surface area contributed by atoms with Crippen molar-refractivity contribution in [3.8, 4) is 0 Å². The Morgan fingerprint density at radius 3 is 2.91 bits per heavy atom. The van der Waals surface area contributed by atoms with Gasteiger partial charge in [0.25, 0.3) is 0 Å². The molecule has 3 nitrogen and oxygen atoms in total. The van der Waals surface area contributed by atoms with Crippen molar-refractivity contribution in [2.24, 2.45) is 0 Å². The first-order valence-electron chi connectivity index (χ1n) is 3.03. The number of hydrogen-bond donors (Lipinski definition) is 3. The lowest BCUT2D eigenvalue weighted by molar-refractivity contribution is -0.138. The van der Waals surface area contributed by atoms with Crippen LogP contribution in [0.4, 0.5) is 0 Å². The molecule has 0 rings (SSSR count). The Bertz CT molecular complexity index is 141. The Labute approximate surface area is 75.8 Å². The number of carboxylic acids is 1. The van der Waals surface area contributed by atoms with E-state index in [1.165, 1.54) is 11.8 Å². The average molecular weight is 193 g/mol. The number of aliphatic carboxylic acids is 1. The molecule has 11 heavy (non-hydrogen) atoms. The van der Waals surface area contributed by atoms with Crippen LogP contribution in [0.15, 0.2) is 12.7 Å². The van der Waals surface area contributed by atoms with E-state index in [2.05, 4.69) is 24.1 Å². The summed E-state index contributed by atoms with van der Waals surface area (Å²) in [6, 6.07) is -0.580. The van der Waals surface area contributed by atoms with Gasteiger partial charge in [0.1, 0.15) is 6.04 Å². The highest BCUT2D eigenvalue weighted by Gasteiger charge is 2.13. The Balaban J connectivity index is 3.52. The summed E-state index contributed by atoms with van der Waals surface area (Å²) in [4.78, 5) is 10.4. The zero-order chi connectivity index (χ0) is 8.69. The van der Waals surface area contributed by atoms with Gasteiger partial charge in [-0.2, -0.15) is 11.8 Å². The monoisotopic (exact) mass is 193 g/mol. The van der Waals surface area contributed by atoms with Crippen molar-refractivity contribution < 1.29 is 9.90 Å². The highest BCUT2D eigenvalue weighted by molar-refractivity contribution is 7.99. The summed E-state index contributed by atoms with van der Waals surface area (Å²) in [5.41, 5.74) is 0. The summed E-state index contributed by atoms with van der Waals surface area (Å²) in [6.45, 7) is 3.52. The largest absolute Gasteiger partial charge is 0.480 e. The van der Waals surface area contributed by atoms with E-state index in [0.29, 0.717) is 5.75 Å². The second-order valence-electron chi connectivity index (χ2n) is 1.85. The normalized spacial score (nSPS) is 12.5. The molecule has 0 spiro atoms. The third kappa shape index (κ3) is 5.17. The molecule has 0 aliphatic carbocycles. The standard InChI is InChI=1S/C6H11NO2S2/c1-2-3-11-4-5(7-10)6(8)9/h2,5,7,10H,1,3-4H2,(H,8,9). The van der Waals surface area contributed by atoms with Gasteiger partial charge in [0.15, 0.2) is 0 Å². The lowest BCUT2D eigenvalue weighted by Gasteiger charge is -2.07. The number of carbonyl (C=O) groups is 1. The van der Waals surface area contributed by atoms with Crippen LogP contribution in [-0.2, 0) is 4.79 Å². The molecule has 1 unspecified atom stereocenters. The van der Waals surface area contributed by atoms with Crippen LogP contribution in [-0.4, -0.2) is 28.6 Å². The maximum atomic E-state index is 10.4. The lowest BCUT2D eigenvalue weighted by Crippen LogP contribution is -2.33. The van der Waals surface area contributed by atoms with Gasteiger partial charge in [0.2, 0.25) is 0 Å². The number of thioether (sulfide) groups is 1. The first-order chi connectivity index (χ1) is 5.22. The molecule has 0 saturated heterocycles. The van der Waals surface area contributed by atoms with Crippen molar-refractivity contribution in [2.45, 2.75) is 6.04 Å². The van der Waals surface area contributed by atoms with Gasteiger partial charge in [0.05, 0.1) is 0 Å². The van der Waals surface area contributed by atoms with Gasteiger partial charge in [-0.05, 0) is 0 Å². The van der Waals surface area contributed by atoms with E-state index in [1.807, 2.05) is 0 Å². The maximum Gasteiger partial charge on any atom is 0.322 e. The van der Waals surface area contributed by atoms with Crippen LogP contribution in [0.5, 0.6) is 0 Å². The molecule has 0 aromatic rings. The molecule has 0 radical (unpaired) electrons. The smallest absolute Gasteiger partial charge is 0.322 e. The van der Waals surface area contributed by atoms with Gasteiger partial charge in [-0.3, -0.25) is 9.52 Å². The predicted molar refractivity (Wildman–Crippen MR) is 51.1 cm³/mol. The molecule has 1 atom stereocenters. The molecule has 0 saturated carbocycles. The number of thiol groups is 1. The third-order valence-corrected chi connectivity index (χ3v) is 2.33. The van der Waals surface area contributed by atoms with E-state index < -0.39 is 12.0 Å². The molecule has 0 amide bonds. The predicted octanol–water partition coefficient (Wildman–Crippen LogP) is 0.793. The molecular weight excluding hydrogens is 182 g/mol. The van der Waals surface area contributed by atoms with Crippen molar-refractivity contribution in [3.05, 3.63) is 12.7 Å². The summed E-state index contributed by atoms with van der Waals surface area (Å²) in [6.07, 6.45) is 1.74. The highest BCUT2D eigenvalue weighted by atomic mass is 32.2. The maximum absolute atomic E-state index is 10.4. The van der Waals surface area contributed by atoms with Crippen LogP contribution in [0.25, 0.3) is 0 Å². The van der Waals surface area contributed by atoms with Crippen molar-refractivity contribution in [2.75, 3.05) is 11.5 Å². The number of carboxylic acid groups (broad SMARTS) is 1. The van der Waals surface area contributed by atoms with E-state index in [0.717, 1.165) is 5.75 Å². The van der Waals surface area contributed by atoms with E-state index in [-0.39, 0.29) is 0 Å². The molecule has 0 aromatic carbocycles. The summed E-state index contributed by atoms with van der Waals surface area (Å²) in [7, 11) is 0. The minimum atomic E-state index is -0.878. The summed E-state index contributed by atoms with van der Waals surface area (Å²) in [5, 5.41) is 8.52. The molecule has 0 aliphatic heterocycles. The van der Waals surface area contributed by atoms with Gasteiger partial charge < -0.3 is 5.11 Å². The highest BCUT2D eigenvalue weighted by Crippen LogP contribution is 2.03. The van der Waals surface area contributed by atoms with Crippen LogP contribution < -0.4 is 4.72 Å². The molecule has 2 N–H and O–H groups in total. The average Bonchev–Trinajstić information content (AvgIpc) is 1.97. The van der Waals surface area contributed by atoms with Crippen molar-refractivity contribution >= 4 is 30.5 Å².